The van der Waals surface area contributed by atoms with Gasteiger partial charge < -0.3 is 4.90 Å². The molecule has 1 amide bonds. The Bertz CT molecular complexity index is 954. The van der Waals surface area contributed by atoms with E-state index in [1.54, 1.807) is 29.2 Å². The normalized spacial score (nSPS) is 18.4. The van der Waals surface area contributed by atoms with E-state index in [-0.39, 0.29) is 29.7 Å². The van der Waals surface area contributed by atoms with Crippen LogP contribution in [0.5, 0.6) is 0 Å². The minimum atomic E-state index is -3.33. The van der Waals surface area contributed by atoms with Gasteiger partial charge in [-0.15, -0.1) is 0 Å². The van der Waals surface area contributed by atoms with E-state index in [9.17, 15) is 18.0 Å². The van der Waals surface area contributed by atoms with E-state index in [4.69, 9.17) is 0 Å². The van der Waals surface area contributed by atoms with E-state index in [0.717, 1.165) is 25.5 Å². The number of rotatable bonds is 4. The molecule has 2 N–H and O–H groups in total. The highest BCUT2D eigenvalue weighted by atomic mass is 32.2. The van der Waals surface area contributed by atoms with Crippen LogP contribution in [0.3, 0.4) is 0 Å². The van der Waals surface area contributed by atoms with E-state index in [1.807, 2.05) is 0 Å². The molecule has 134 valence electrons. The van der Waals surface area contributed by atoms with Crippen LogP contribution in [0.1, 0.15) is 29.8 Å². The Hall–Kier alpha value is -2.26. The first-order valence-corrected chi connectivity index (χ1v) is 9.99. The quantitative estimate of drug-likeness (QED) is 0.819. The molecule has 1 fully saturated rings. The zero-order valence-corrected chi connectivity index (χ0v) is 14.7. The number of piperidine rings is 1. The van der Waals surface area contributed by atoms with Gasteiger partial charge in [0.1, 0.15) is 0 Å². The second kappa shape index (κ2) is 6.93. The molecular weight excluding hydrogens is 344 g/mol. The van der Waals surface area contributed by atoms with Gasteiger partial charge in [0.15, 0.2) is 5.69 Å². The Labute approximate surface area is 145 Å². The van der Waals surface area contributed by atoms with Gasteiger partial charge in [-0.1, -0.05) is 18.2 Å². The van der Waals surface area contributed by atoms with Crippen molar-refractivity contribution in [3.05, 3.63) is 40.3 Å². The van der Waals surface area contributed by atoms with Gasteiger partial charge in [-0.05, 0) is 25.3 Å². The highest BCUT2D eigenvalue weighted by molar-refractivity contribution is 7.88. The number of sulfonamides is 1. The maximum Gasteiger partial charge on any atom is 0.275 e. The van der Waals surface area contributed by atoms with Crippen LogP contribution in [0.4, 0.5) is 0 Å². The number of H-pyrrole nitrogens is 1. The number of fused-ring (bicyclic) bond motifs is 1. The van der Waals surface area contributed by atoms with Crippen molar-refractivity contribution in [3.63, 3.8) is 0 Å². The van der Waals surface area contributed by atoms with E-state index in [0.29, 0.717) is 17.3 Å². The lowest BCUT2D eigenvalue weighted by molar-refractivity contribution is 0.0613. The van der Waals surface area contributed by atoms with Crippen molar-refractivity contribution in [3.8, 4) is 0 Å². The maximum absolute atomic E-state index is 13.0. The molecule has 1 aliphatic heterocycles. The number of carbonyl (C=O) groups excluding carboxylic acids is 1. The first kappa shape index (κ1) is 17.6. The predicted molar refractivity (Wildman–Crippen MR) is 93.9 cm³/mol. The van der Waals surface area contributed by atoms with Crippen molar-refractivity contribution < 1.29 is 13.2 Å². The largest absolute Gasteiger partial charge is 0.333 e. The lowest BCUT2D eigenvalue weighted by atomic mass is 10.0. The number of nitrogens with one attached hydrogen (secondary N) is 2. The number of hydrogen-bond donors (Lipinski definition) is 2. The van der Waals surface area contributed by atoms with Crippen molar-refractivity contribution in [2.45, 2.75) is 25.3 Å². The van der Waals surface area contributed by atoms with Crippen LogP contribution in [0.15, 0.2) is 29.1 Å². The van der Waals surface area contributed by atoms with Gasteiger partial charge in [0.25, 0.3) is 11.5 Å². The van der Waals surface area contributed by atoms with Gasteiger partial charge in [-0.2, -0.15) is 5.10 Å². The Morgan fingerprint density at radius 3 is 2.76 bits per heavy atom. The number of amides is 1. The van der Waals surface area contributed by atoms with Crippen LogP contribution >= 0.6 is 0 Å². The lowest BCUT2D eigenvalue weighted by Gasteiger charge is -2.35. The fourth-order valence-electron chi connectivity index (χ4n) is 3.14. The second-order valence-electron chi connectivity index (χ2n) is 6.22. The lowest BCUT2D eigenvalue weighted by Crippen LogP contribution is -2.49. The summed E-state index contributed by atoms with van der Waals surface area (Å²) in [5, 5.41) is 7.23. The van der Waals surface area contributed by atoms with E-state index >= 15 is 0 Å². The molecule has 8 nitrogen and oxygen atoms in total. The molecule has 0 spiro atoms. The number of aromatic nitrogens is 2. The minimum Gasteiger partial charge on any atom is -0.333 e. The third-order valence-corrected chi connectivity index (χ3v) is 5.06. The second-order valence-corrected chi connectivity index (χ2v) is 8.05. The highest BCUT2D eigenvalue weighted by Gasteiger charge is 2.30. The number of hydrogen-bond acceptors (Lipinski definition) is 5. The number of aromatic amines is 1. The molecule has 1 aromatic heterocycles. The van der Waals surface area contributed by atoms with Crippen LogP contribution in [-0.4, -0.2) is 54.8 Å². The van der Waals surface area contributed by atoms with Gasteiger partial charge in [-0.25, -0.2) is 18.2 Å². The number of benzene rings is 1. The maximum atomic E-state index is 13.0. The smallest absolute Gasteiger partial charge is 0.275 e. The third kappa shape index (κ3) is 3.88. The molecule has 1 aliphatic rings. The first-order valence-electron chi connectivity index (χ1n) is 8.10. The number of carbonyl (C=O) groups is 1. The summed E-state index contributed by atoms with van der Waals surface area (Å²) in [6.45, 7) is 0.704. The minimum absolute atomic E-state index is 0.172. The molecule has 2 heterocycles. The number of nitrogens with zero attached hydrogens (tertiary/aromatic N) is 2. The molecule has 3 rings (SSSR count). The predicted octanol–water partition coefficient (Wildman–Crippen LogP) is 0.467. The molecule has 1 unspecified atom stereocenters. The van der Waals surface area contributed by atoms with Gasteiger partial charge in [0.05, 0.1) is 11.6 Å². The monoisotopic (exact) mass is 364 g/mol. The molecule has 1 aromatic carbocycles. The van der Waals surface area contributed by atoms with Gasteiger partial charge in [-0.3, -0.25) is 9.59 Å². The van der Waals surface area contributed by atoms with E-state index < -0.39 is 10.0 Å². The van der Waals surface area contributed by atoms with Crippen molar-refractivity contribution in [2.75, 3.05) is 19.3 Å². The van der Waals surface area contributed by atoms with Crippen molar-refractivity contribution >= 4 is 26.7 Å². The summed E-state index contributed by atoms with van der Waals surface area (Å²) >= 11 is 0. The molecule has 2 aromatic rings. The molecule has 0 bridgehead atoms. The molecule has 0 saturated carbocycles. The fourth-order valence-corrected chi connectivity index (χ4v) is 3.64. The van der Waals surface area contributed by atoms with Crippen LogP contribution in [0.25, 0.3) is 10.8 Å². The topological polar surface area (TPSA) is 112 Å². The molecule has 1 atom stereocenters. The SMILES string of the molecule is CS(=O)(=O)NCC1CCCCN1C(=O)c1n[nH]c(=O)c2ccccc12. The molecule has 25 heavy (non-hydrogen) atoms. The molecule has 0 radical (unpaired) electrons. The summed E-state index contributed by atoms with van der Waals surface area (Å²) in [5.74, 6) is -0.299. The summed E-state index contributed by atoms with van der Waals surface area (Å²) in [6.07, 6.45) is 3.59. The Kier molecular flexibility index (Phi) is 4.87. The number of likely N-dealkylation sites (tertiary alicyclic amines) is 1. The molecule has 9 heteroatoms. The van der Waals surface area contributed by atoms with Crippen LogP contribution in [0.2, 0.25) is 0 Å². The van der Waals surface area contributed by atoms with E-state index in [2.05, 4.69) is 14.9 Å². The van der Waals surface area contributed by atoms with Crippen LogP contribution < -0.4 is 10.3 Å². The van der Waals surface area contributed by atoms with Crippen molar-refractivity contribution in [1.82, 2.24) is 19.8 Å². The summed E-state index contributed by atoms with van der Waals surface area (Å²) in [6, 6.07) is 6.58. The highest BCUT2D eigenvalue weighted by Crippen LogP contribution is 2.21. The average molecular weight is 364 g/mol. The zero-order valence-electron chi connectivity index (χ0n) is 13.9. The molecule has 1 saturated heterocycles. The van der Waals surface area contributed by atoms with Gasteiger partial charge >= 0.3 is 0 Å². The zero-order chi connectivity index (χ0) is 18.0. The summed E-state index contributed by atoms with van der Waals surface area (Å²) in [4.78, 5) is 26.6. The average Bonchev–Trinajstić information content (AvgIpc) is 2.60. The van der Waals surface area contributed by atoms with Gasteiger partial charge in [0, 0.05) is 24.5 Å². The molecule has 0 aliphatic carbocycles. The first-order chi connectivity index (χ1) is 11.9. The summed E-state index contributed by atoms with van der Waals surface area (Å²) < 4.78 is 25.2. The third-order valence-electron chi connectivity index (χ3n) is 4.37. The Morgan fingerprint density at radius 1 is 1.32 bits per heavy atom. The molecular formula is C16H20N4O4S. The van der Waals surface area contributed by atoms with E-state index in [1.165, 1.54) is 0 Å². The van der Waals surface area contributed by atoms with Crippen LogP contribution in [-0.2, 0) is 10.0 Å². The van der Waals surface area contributed by atoms with Crippen LogP contribution in [0, 0.1) is 0 Å². The van der Waals surface area contributed by atoms with Crippen molar-refractivity contribution in [2.24, 2.45) is 0 Å². The van der Waals surface area contributed by atoms with Gasteiger partial charge in [0.2, 0.25) is 10.0 Å². The summed E-state index contributed by atoms with van der Waals surface area (Å²) in [5.41, 5.74) is -0.164. The standard InChI is InChI=1S/C16H20N4O4S/c1-25(23,24)17-10-11-6-4-5-9-20(11)16(22)14-12-7-2-3-8-13(12)15(21)19-18-14/h2-3,7-8,11,17H,4-6,9-10H2,1H3,(H,19,21). The fraction of sp³-hybridized carbons (Fsp3) is 0.438. The van der Waals surface area contributed by atoms with Crippen molar-refractivity contribution in [1.29, 1.82) is 0 Å². The Balaban J connectivity index is 1.93. The Morgan fingerprint density at radius 2 is 2.04 bits per heavy atom. The summed E-state index contributed by atoms with van der Waals surface area (Å²) in [7, 11) is -3.33.